The SMILES string of the molecule is CC(C)(C)c1ccc(NS(=O)(=O)c2[nH]ncc2CN)cc1. The average molecular weight is 308 g/mol. The summed E-state index contributed by atoms with van der Waals surface area (Å²) in [6, 6.07) is 7.32. The standard InChI is InChI=1S/C14H20N4O2S/c1-14(2,3)11-4-6-12(7-5-11)18-21(19,20)13-10(8-15)9-16-17-13/h4-7,9,18H,8,15H2,1-3H3,(H,16,17). The van der Waals surface area contributed by atoms with Crippen LogP contribution in [0.4, 0.5) is 5.69 Å². The van der Waals surface area contributed by atoms with Crippen LogP contribution in [0.3, 0.4) is 0 Å². The van der Waals surface area contributed by atoms with E-state index >= 15 is 0 Å². The fraction of sp³-hybridized carbons (Fsp3) is 0.357. The molecule has 0 aliphatic rings. The summed E-state index contributed by atoms with van der Waals surface area (Å²) in [4.78, 5) is 0. The maximum Gasteiger partial charge on any atom is 0.279 e. The Bertz CT molecular complexity index is 712. The Balaban J connectivity index is 2.25. The van der Waals surface area contributed by atoms with Crippen LogP contribution in [0.5, 0.6) is 0 Å². The van der Waals surface area contributed by atoms with Crippen LogP contribution in [0.25, 0.3) is 0 Å². The molecule has 0 unspecified atom stereocenters. The Hall–Kier alpha value is -1.86. The topological polar surface area (TPSA) is 101 Å². The first-order valence-electron chi connectivity index (χ1n) is 6.60. The van der Waals surface area contributed by atoms with Crippen molar-refractivity contribution in [1.82, 2.24) is 10.2 Å². The van der Waals surface area contributed by atoms with E-state index in [1.807, 2.05) is 12.1 Å². The molecule has 0 aliphatic carbocycles. The van der Waals surface area contributed by atoms with Gasteiger partial charge in [-0.2, -0.15) is 13.5 Å². The molecule has 1 aromatic carbocycles. The van der Waals surface area contributed by atoms with Crippen molar-refractivity contribution < 1.29 is 8.42 Å². The highest BCUT2D eigenvalue weighted by molar-refractivity contribution is 7.92. The molecule has 21 heavy (non-hydrogen) atoms. The predicted octanol–water partition coefficient (Wildman–Crippen LogP) is 1.97. The van der Waals surface area contributed by atoms with Gasteiger partial charge < -0.3 is 5.73 Å². The van der Waals surface area contributed by atoms with Gasteiger partial charge in [0.1, 0.15) is 0 Å². The summed E-state index contributed by atoms with van der Waals surface area (Å²) < 4.78 is 27.1. The monoisotopic (exact) mass is 308 g/mol. The summed E-state index contributed by atoms with van der Waals surface area (Å²) in [5.41, 5.74) is 7.61. The predicted molar refractivity (Wildman–Crippen MR) is 82.4 cm³/mol. The van der Waals surface area contributed by atoms with Gasteiger partial charge in [0.05, 0.1) is 6.20 Å². The maximum absolute atomic E-state index is 12.3. The number of hydrogen-bond acceptors (Lipinski definition) is 4. The average Bonchev–Trinajstić information content (AvgIpc) is 2.87. The molecule has 1 heterocycles. The Labute approximate surface area is 124 Å². The van der Waals surface area contributed by atoms with E-state index in [1.165, 1.54) is 6.20 Å². The molecule has 0 radical (unpaired) electrons. The van der Waals surface area contributed by atoms with Gasteiger partial charge in [-0.3, -0.25) is 9.82 Å². The van der Waals surface area contributed by atoms with Crippen LogP contribution in [-0.4, -0.2) is 18.6 Å². The largest absolute Gasteiger partial charge is 0.326 e. The summed E-state index contributed by atoms with van der Waals surface area (Å²) in [6.45, 7) is 6.41. The molecule has 0 saturated heterocycles. The molecule has 0 aliphatic heterocycles. The quantitative estimate of drug-likeness (QED) is 0.803. The number of aromatic amines is 1. The van der Waals surface area contributed by atoms with Gasteiger partial charge in [-0.05, 0) is 23.1 Å². The highest BCUT2D eigenvalue weighted by Gasteiger charge is 2.20. The number of nitrogens with zero attached hydrogens (tertiary/aromatic N) is 1. The Kier molecular flexibility index (Phi) is 4.06. The van der Waals surface area contributed by atoms with Gasteiger partial charge in [0, 0.05) is 17.8 Å². The van der Waals surface area contributed by atoms with Crippen molar-refractivity contribution in [1.29, 1.82) is 0 Å². The Morgan fingerprint density at radius 3 is 2.38 bits per heavy atom. The molecular weight excluding hydrogens is 288 g/mol. The first kappa shape index (κ1) is 15.5. The maximum atomic E-state index is 12.3. The van der Waals surface area contributed by atoms with Crippen LogP contribution in [0.2, 0.25) is 0 Å². The molecule has 0 saturated carbocycles. The minimum absolute atomic E-state index is 0.00454. The second-order valence-electron chi connectivity index (χ2n) is 5.86. The number of nitrogens with two attached hydrogens (primary N) is 1. The summed E-state index contributed by atoms with van der Waals surface area (Å²) >= 11 is 0. The molecule has 1 aromatic heterocycles. The molecule has 0 spiro atoms. The van der Waals surface area contributed by atoms with Gasteiger partial charge in [-0.1, -0.05) is 32.9 Å². The number of nitrogens with one attached hydrogen (secondary N) is 2. The lowest BCUT2D eigenvalue weighted by molar-refractivity contribution is 0.590. The van der Waals surface area contributed by atoms with Gasteiger partial charge in [0.25, 0.3) is 10.0 Å². The van der Waals surface area contributed by atoms with Gasteiger partial charge in [0.2, 0.25) is 0 Å². The Morgan fingerprint density at radius 1 is 1.24 bits per heavy atom. The molecule has 4 N–H and O–H groups in total. The molecule has 114 valence electrons. The van der Waals surface area contributed by atoms with Gasteiger partial charge in [0.15, 0.2) is 5.03 Å². The number of rotatable bonds is 4. The number of benzene rings is 1. The highest BCUT2D eigenvalue weighted by Crippen LogP contribution is 2.24. The van der Waals surface area contributed by atoms with Crippen LogP contribution < -0.4 is 10.5 Å². The first-order chi connectivity index (χ1) is 9.74. The number of anilines is 1. The van der Waals surface area contributed by atoms with Crippen molar-refractivity contribution >= 4 is 15.7 Å². The molecule has 0 atom stereocenters. The first-order valence-corrected chi connectivity index (χ1v) is 8.08. The zero-order chi connectivity index (χ0) is 15.7. The minimum Gasteiger partial charge on any atom is -0.326 e. The van der Waals surface area contributed by atoms with Crippen molar-refractivity contribution in [2.24, 2.45) is 5.73 Å². The third-order valence-corrected chi connectivity index (χ3v) is 4.57. The fourth-order valence-corrected chi connectivity index (χ4v) is 3.12. The lowest BCUT2D eigenvalue weighted by atomic mass is 9.87. The van der Waals surface area contributed by atoms with Crippen molar-refractivity contribution in [2.75, 3.05) is 4.72 Å². The van der Waals surface area contributed by atoms with Crippen molar-refractivity contribution in [3.05, 3.63) is 41.6 Å². The van der Waals surface area contributed by atoms with Crippen LogP contribution >= 0.6 is 0 Å². The molecule has 2 rings (SSSR count). The van der Waals surface area contributed by atoms with E-state index in [1.54, 1.807) is 12.1 Å². The van der Waals surface area contributed by atoms with E-state index < -0.39 is 10.0 Å². The summed E-state index contributed by atoms with van der Waals surface area (Å²) in [5.74, 6) is 0. The highest BCUT2D eigenvalue weighted by atomic mass is 32.2. The van der Waals surface area contributed by atoms with Crippen molar-refractivity contribution in [3.63, 3.8) is 0 Å². The van der Waals surface area contributed by atoms with Crippen LogP contribution in [-0.2, 0) is 22.0 Å². The third-order valence-electron chi connectivity index (χ3n) is 3.17. The number of sulfonamides is 1. The second-order valence-corrected chi connectivity index (χ2v) is 7.48. The van der Waals surface area contributed by atoms with E-state index in [-0.39, 0.29) is 17.0 Å². The molecule has 6 nitrogen and oxygen atoms in total. The van der Waals surface area contributed by atoms with Crippen LogP contribution in [0, 0.1) is 0 Å². The van der Waals surface area contributed by atoms with E-state index in [9.17, 15) is 8.42 Å². The Morgan fingerprint density at radius 2 is 1.86 bits per heavy atom. The lowest BCUT2D eigenvalue weighted by Crippen LogP contribution is -2.16. The van der Waals surface area contributed by atoms with Gasteiger partial charge >= 0.3 is 0 Å². The van der Waals surface area contributed by atoms with Gasteiger partial charge in [-0.15, -0.1) is 0 Å². The van der Waals surface area contributed by atoms with Crippen molar-refractivity contribution in [2.45, 2.75) is 37.8 Å². The summed E-state index contributed by atoms with van der Waals surface area (Å²) in [7, 11) is -3.71. The van der Waals surface area contributed by atoms with E-state index in [0.717, 1.165) is 5.56 Å². The molecule has 0 amide bonds. The van der Waals surface area contributed by atoms with E-state index in [4.69, 9.17) is 5.73 Å². The second kappa shape index (κ2) is 5.50. The molecule has 7 heteroatoms. The smallest absolute Gasteiger partial charge is 0.279 e. The van der Waals surface area contributed by atoms with E-state index in [0.29, 0.717) is 11.3 Å². The third kappa shape index (κ3) is 3.43. The lowest BCUT2D eigenvalue weighted by Gasteiger charge is -2.19. The normalized spacial score (nSPS) is 12.4. The molecule has 2 aromatic rings. The van der Waals surface area contributed by atoms with Crippen molar-refractivity contribution in [3.8, 4) is 0 Å². The van der Waals surface area contributed by atoms with Crippen LogP contribution in [0.15, 0.2) is 35.5 Å². The number of aromatic nitrogens is 2. The molecular formula is C14H20N4O2S. The van der Waals surface area contributed by atoms with Gasteiger partial charge in [-0.25, -0.2) is 0 Å². The fourth-order valence-electron chi connectivity index (χ4n) is 1.92. The molecule has 0 fully saturated rings. The molecule has 0 bridgehead atoms. The minimum atomic E-state index is -3.71. The number of H-pyrrole nitrogens is 1. The summed E-state index contributed by atoms with van der Waals surface area (Å²) in [5, 5.41) is 6.20. The number of hydrogen-bond donors (Lipinski definition) is 3. The summed E-state index contributed by atoms with van der Waals surface area (Å²) in [6.07, 6.45) is 1.41. The zero-order valence-electron chi connectivity index (χ0n) is 12.3. The van der Waals surface area contributed by atoms with Crippen LogP contribution in [0.1, 0.15) is 31.9 Å². The zero-order valence-corrected chi connectivity index (χ0v) is 13.2. The van der Waals surface area contributed by atoms with E-state index in [2.05, 4.69) is 35.7 Å².